The first kappa shape index (κ1) is 11.6. The molecule has 0 radical (unpaired) electrons. The molecule has 0 unspecified atom stereocenters. The normalized spacial score (nSPS) is 12.5. The lowest BCUT2D eigenvalue weighted by Gasteiger charge is -2.13. The predicted octanol–water partition coefficient (Wildman–Crippen LogP) is 2.67. The summed E-state index contributed by atoms with van der Waals surface area (Å²) in [6.07, 6.45) is 2.81. The number of halogens is 1. The molecule has 6 heteroatoms. The quantitative estimate of drug-likeness (QED) is 0.757. The zero-order chi connectivity index (χ0) is 13.2. The molecule has 0 saturated carbocycles. The number of fused-ring (bicyclic) bond motifs is 1. The van der Waals surface area contributed by atoms with E-state index in [9.17, 15) is 4.39 Å². The molecule has 2 N–H and O–H groups in total. The van der Waals surface area contributed by atoms with E-state index in [1.165, 1.54) is 12.3 Å². The average Bonchev–Trinajstić information content (AvgIpc) is 2.87. The van der Waals surface area contributed by atoms with Crippen molar-refractivity contribution >= 4 is 17.0 Å². The fourth-order valence-corrected chi connectivity index (χ4v) is 1.84. The molecule has 5 nitrogen and oxygen atoms in total. The van der Waals surface area contributed by atoms with Gasteiger partial charge in [-0.2, -0.15) is 0 Å². The largest absolute Gasteiger partial charge is 0.362 e. The van der Waals surface area contributed by atoms with Crippen molar-refractivity contribution < 1.29 is 4.39 Å². The number of rotatable bonds is 3. The van der Waals surface area contributed by atoms with Crippen LogP contribution in [0.4, 0.5) is 10.2 Å². The number of pyridine rings is 2. The highest BCUT2D eigenvalue weighted by Crippen LogP contribution is 2.17. The van der Waals surface area contributed by atoms with Crippen molar-refractivity contribution in [2.45, 2.75) is 13.0 Å². The van der Waals surface area contributed by atoms with E-state index in [0.717, 1.165) is 11.2 Å². The van der Waals surface area contributed by atoms with Gasteiger partial charge in [0.1, 0.15) is 11.6 Å². The lowest BCUT2D eigenvalue weighted by molar-refractivity contribution is 0.617. The van der Waals surface area contributed by atoms with Crippen molar-refractivity contribution in [2.24, 2.45) is 0 Å². The van der Waals surface area contributed by atoms with Crippen LogP contribution in [0.2, 0.25) is 0 Å². The maximum absolute atomic E-state index is 12.8. The van der Waals surface area contributed by atoms with E-state index in [1.807, 2.05) is 19.1 Å². The molecule has 0 aliphatic rings. The van der Waals surface area contributed by atoms with Gasteiger partial charge in [-0.15, -0.1) is 0 Å². The molecule has 0 bridgehead atoms. The minimum Gasteiger partial charge on any atom is -0.362 e. The third-order valence-electron chi connectivity index (χ3n) is 2.84. The zero-order valence-electron chi connectivity index (χ0n) is 10.3. The van der Waals surface area contributed by atoms with Crippen LogP contribution in [0.5, 0.6) is 0 Å². The summed E-state index contributed by atoms with van der Waals surface area (Å²) >= 11 is 0. The molecule has 0 aromatic carbocycles. The molecule has 0 amide bonds. The van der Waals surface area contributed by atoms with Gasteiger partial charge in [0, 0.05) is 0 Å². The maximum Gasteiger partial charge on any atom is 0.179 e. The SMILES string of the molecule is C[C@H](Nc1ccc2[nH]cnc2n1)c1ccc(F)cn1. The van der Waals surface area contributed by atoms with Crippen molar-refractivity contribution in [1.82, 2.24) is 19.9 Å². The number of hydrogen-bond donors (Lipinski definition) is 2. The van der Waals surface area contributed by atoms with Gasteiger partial charge in [-0.05, 0) is 31.2 Å². The van der Waals surface area contributed by atoms with Crippen LogP contribution in [0.25, 0.3) is 11.2 Å². The molecule has 1 atom stereocenters. The first-order valence-corrected chi connectivity index (χ1v) is 5.90. The Hall–Kier alpha value is -2.50. The predicted molar refractivity (Wildman–Crippen MR) is 70.1 cm³/mol. The number of nitrogens with zero attached hydrogens (tertiary/aromatic N) is 3. The topological polar surface area (TPSA) is 66.5 Å². The van der Waals surface area contributed by atoms with Gasteiger partial charge in [-0.3, -0.25) is 4.98 Å². The molecule has 3 rings (SSSR count). The molecule has 3 heterocycles. The van der Waals surface area contributed by atoms with E-state index in [1.54, 1.807) is 12.4 Å². The van der Waals surface area contributed by atoms with Gasteiger partial charge in [0.25, 0.3) is 0 Å². The van der Waals surface area contributed by atoms with Crippen LogP contribution in [-0.2, 0) is 0 Å². The summed E-state index contributed by atoms with van der Waals surface area (Å²) in [6.45, 7) is 1.94. The highest BCUT2D eigenvalue weighted by atomic mass is 19.1. The molecule has 0 aliphatic heterocycles. The Bertz CT molecular complexity index is 692. The molecule has 0 aliphatic carbocycles. The number of aromatic amines is 1. The number of aromatic nitrogens is 4. The van der Waals surface area contributed by atoms with Crippen LogP contribution in [0.1, 0.15) is 18.7 Å². The fraction of sp³-hybridized carbons (Fsp3) is 0.154. The molecular weight excluding hydrogens is 245 g/mol. The third kappa shape index (κ3) is 2.37. The Kier molecular flexibility index (Phi) is 2.83. The molecule has 19 heavy (non-hydrogen) atoms. The van der Waals surface area contributed by atoms with Crippen LogP contribution >= 0.6 is 0 Å². The van der Waals surface area contributed by atoms with E-state index in [2.05, 4.69) is 25.3 Å². The standard InChI is InChI=1S/C13H12FN5/c1-8(10-3-2-9(14)6-15-10)18-12-5-4-11-13(19-12)17-7-16-11/h2-8H,1H3,(H2,16,17,18,19)/t8-/m0/s1. The van der Waals surface area contributed by atoms with Gasteiger partial charge < -0.3 is 10.3 Å². The molecule has 96 valence electrons. The smallest absolute Gasteiger partial charge is 0.179 e. The summed E-state index contributed by atoms with van der Waals surface area (Å²) in [6, 6.07) is 6.75. The first-order valence-electron chi connectivity index (χ1n) is 5.90. The van der Waals surface area contributed by atoms with Gasteiger partial charge in [-0.25, -0.2) is 14.4 Å². The maximum atomic E-state index is 12.8. The number of imidazole rings is 1. The minimum atomic E-state index is -0.341. The summed E-state index contributed by atoms with van der Waals surface area (Å²) in [5.74, 6) is 0.366. The highest BCUT2D eigenvalue weighted by Gasteiger charge is 2.08. The molecular formula is C13H12FN5. The summed E-state index contributed by atoms with van der Waals surface area (Å²) in [5, 5.41) is 3.21. The van der Waals surface area contributed by atoms with Gasteiger partial charge in [0.05, 0.1) is 29.8 Å². The molecule has 0 fully saturated rings. The minimum absolute atomic E-state index is 0.0653. The van der Waals surface area contributed by atoms with Gasteiger partial charge in [-0.1, -0.05) is 0 Å². The van der Waals surface area contributed by atoms with Crippen LogP contribution in [0.15, 0.2) is 36.8 Å². The summed E-state index contributed by atoms with van der Waals surface area (Å²) in [4.78, 5) is 15.5. The third-order valence-corrected chi connectivity index (χ3v) is 2.84. The fourth-order valence-electron chi connectivity index (χ4n) is 1.84. The van der Waals surface area contributed by atoms with E-state index in [4.69, 9.17) is 0 Å². The van der Waals surface area contributed by atoms with E-state index in [0.29, 0.717) is 11.5 Å². The van der Waals surface area contributed by atoms with Crippen molar-refractivity contribution in [3.63, 3.8) is 0 Å². The molecule has 0 saturated heterocycles. The second kappa shape index (κ2) is 4.64. The first-order chi connectivity index (χ1) is 9.22. The van der Waals surface area contributed by atoms with Crippen LogP contribution in [0.3, 0.4) is 0 Å². The highest BCUT2D eigenvalue weighted by molar-refractivity contribution is 5.72. The van der Waals surface area contributed by atoms with Gasteiger partial charge in [0.15, 0.2) is 5.65 Å². The number of nitrogens with one attached hydrogen (secondary N) is 2. The van der Waals surface area contributed by atoms with Crippen LogP contribution in [-0.4, -0.2) is 19.9 Å². The summed E-state index contributed by atoms with van der Waals surface area (Å²) in [5.41, 5.74) is 2.30. The Morgan fingerprint density at radius 1 is 1.21 bits per heavy atom. The Labute approximate surface area is 108 Å². The Morgan fingerprint density at radius 2 is 2.11 bits per heavy atom. The second-order valence-electron chi connectivity index (χ2n) is 4.24. The van der Waals surface area contributed by atoms with Gasteiger partial charge >= 0.3 is 0 Å². The summed E-state index contributed by atoms with van der Waals surface area (Å²) < 4.78 is 12.8. The zero-order valence-corrected chi connectivity index (χ0v) is 10.3. The average molecular weight is 257 g/mol. The monoisotopic (exact) mass is 257 g/mol. The van der Waals surface area contributed by atoms with Crippen molar-refractivity contribution in [1.29, 1.82) is 0 Å². The van der Waals surface area contributed by atoms with E-state index in [-0.39, 0.29) is 11.9 Å². The van der Waals surface area contributed by atoms with Crippen molar-refractivity contribution in [2.75, 3.05) is 5.32 Å². The summed E-state index contributed by atoms with van der Waals surface area (Å²) in [7, 11) is 0. The number of hydrogen-bond acceptors (Lipinski definition) is 4. The lowest BCUT2D eigenvalue weighted by atomic mass is 10.2. The second-order valence-corrected chi connectivity index (χ2v) is 4.24. The van der Waals surface area contributed by atoms with Crippen LogP contribution in [0, 0.1) is 5.82 Å². The Balaban J connectivity index is 1.81. The van der Waals surface area contributed by atoms with Crippen LogP contribution < -0.4 is 5.32 Å². The van der Waals surface area contributed by atoms with Crippen molar-refractivity contribution in [3.8, 4) is 0 Å². The van der Waals surface area contributed by atoms with E-state index < -0.39 is 0 Å². The Morgan fingerprint density at radius 3 is 2.89 bits per heavy atom. The number of H-pyrrole nitrogens is 1. The molecule has 3 aromatic rings. The molecule has 3 aromatic heterocycles. The van der Waals surface area contributed by atoms with Gasteiger partial charge in [0.2, 0.25) is 0 Å². The van der Waals surface area contributed by atoms with Crippen molar-refractivity contribution in [3.05, 3.63) is 48.3 Å². The number of anilines is 1. The van der Waals surface area contributed by atoms with E-state index >= 15 is 0 Å². The molecule has 0 spiro atoms. The lowest BCUT2D eigenvalue weighted by Crippen LogP contribution is -2.09.